The number of fused-ring (bicyclic) bond motifs is 3. The molecule has 2 heterocycles. The van der Waals surface area contributed by atoms with Crippen molar-refractivity contribution in [3.8, 4) is 0 Å². The molecule has 4 aromatic rings. The summed E-state index contributed by atoms with van der Waals surface area (Å²) in [6.45, 7) is 1.04. The first-order valence-corrected chi connectivity index (χ1v) is 10.1. The summed E-state index contributed by atoms with van der Waals surface area (Å²) < 4.78 is 3.67. The van der Waals surface area contributed by atoms with Gasteiger partial charge < -0.3 is 4.57 Å². The molecule has 0 N–H and O–H groups in total. The zero-order valence-corrected chi connectivity index (χ0v) is 16.6. The minimum atomic E-state index is -0.189. The molecule has 1 aliphatic rings. The highest BCUT2D eigenvalue weighted by Crippen LogP contribution is 2.46. The van der Waals surface area contributed by atoms with E-state index < -0.39 is 0 Å². The van der Waals surface area contributed by atoms with Crippen LogP contribution in [0.4, 0.5) is 0 Å². The smallest absolute Gasteiger partial charge is 0.125 e. The Bertz CT molecular complexity index is 1030. The Hall–Kier alpha value is -2.14. The summed E-state index contributed by atoms with van der Waals surface area (Å²) in [7, 11) is 0. The van der Waals surface area contributed by atoms with Gasteiger partial charge in [-0.15, -0.1) is 0 Å². The number of hydrogen-bond acceptors (Lipinski definition) is 1. The molecule has 0 bridgehead atoms. The highest BCUT2D eigenvalue weighted by atomic mass is 127. The molecule has 0 fully saturated rings. The van der Waals surface area contributed by atoms with Gasteiger partial charge in [0.1, 0.15) is 5.82 Å². The zero-order valence-electron chi connectivity index (χ0n) is 14.4. The largest absolute Gasteiger partial charge is 0.327 e. The van der Waals surface area contributed by atoms with Crippen molar-refractivity contribution in [2.75, 3.05) is 0 Å². The molecule has 0 atom stereocenters. The lowest BCUT2D eigenvalue weighted by molar-refractivity contribution is 0.406. The molecule has 2 nitrogen and oxygen atoms in total. The SMILES string of the molecule is Ic1ccc2c(c1)nc1n2CCCC1(c1ccccc1)c1ccccc1. The molecular weight excluding hydrogens is 431 g/mol. The monoisotopic (exact) mass is 450 g/mol. The molecule has 0 radical (unpaired) electrons. The van der Waals surface area contributed by atoms with E-state index in [1.807, 2.05) is 0 Å². The van der Waals surface area contributed by atoms with Crippen LogP contribution in [0.25, 0.3) is 11.0 Å². The van der Waals surface area contributed by atoms with Crippen molar-refractivity contribution in [2.24, 2.45) is 0 Å². The molecular formula is C23H19IN2. The van der Waals surface area contributed by atoms with Crippen LogP contribution in [-0.2, 0) is 12.0 Å². The molecule has 0 amide bonds. The average molecular weight is 450 g/mol. The third kappa shape index (κ3) is 2.33. The van der Waals surface area contributed by atoms with E-state index in [9.17, 15) is 0 Å². The van der Waals surface area contributed by atoms with Gasteiger partial charge in [0, 0.05) is 10.1 Å². The fourth-order valence-electron chi connectivity index (χ4n) is 4.43. The van der Waals surface area contributed by atoms with Crippen molar-refractivity contribution >= 4 is 33.6 Å². The molecule has 0 aliphatic carbocycles. The Morgan fingerprint density at radius 2 is 1.50 bits per heavy atom. The number of imidazole rings is 1. The molecule has 26 heavy (non-hydrogen) atoms. The van der Waals surface area contributed by atoms with E-state index in [4.69, 9.17) is 4.98 Å². The molecule has 0 spiro atoms. The van der Waals surface area contributed by atoms with Gasteiger partial charge in [-0.05, 0) is 64.8 Å². The Kier molecular flexibility index (Phi) is 3.85. The third-order valence-electron chi connectivity index (χ3n) is 5.56. The Morgan fingerprint density at radius 3 is 2.15 bits per heavy atom. The van der Waals surface area contributed by atoms with Gasteiger partial charge in [-0.1, -0.05) is 60.7 Å². The van der Waals surface area contributed by atoms with Crippen LogP contribution in [0.3, 0.4) is 0 Å². The zero-order chi connectivity index (χ0) is 17.6. The van der Waals surface area contributed by atoms with Gasteiger partial charge in [-0.3, -0.25) is 0 Å². The first-order chi connectivity index (χ1) is 12.8. The van der Waals surface area contributed by atoms with Gasteiger partial charge in [0.05, 0.1) is 16.4 Å². The first-order valence-electron chi connectivity index (χ1n) is 9.06. The van der Waals surface area contributed by atoms with Crippen LogP contribution >= 0.6 is 22.6 Å². The predicted molar refractivity (Wildman–Crippen MR) is 114 cm³/mol. The van der Waals surface area contributed by atoms with Gasteiger partial charge in [-0.25, -0.2) is 4.98 Å². The second-order valence-corrected chi connectivity index (χ2v) is 8.21. The Labute approximate surface area is 167 Å². The van der Waals surface area contributed by atoms with Crippen molar-refractivity contribution in [1.29, 1.82) is 0 Å². The summed E-state index contributed by atoms with van der Waals surface area (Å²) >= 11 is 2.37. The maximum absolute atomic E-state index is 5.18. The quantitative estimate of drug-likeness (QED) is 0.355. The summed E-state index contributed by atoms with van der Waals surface area (Å²) in [6.07, 6.45) is 2.23. The van der Waals surface area contributed by atoms with E-state index in [0.717, 1.165) is 24.9 Å². The van der Waals surface area contributed by atoms with Crippen LogP contribution in [0.5, 0.6) is 0 Å². The van der Waals surface area contributed by atoms with Crippen LogP contribution in [0.1, 0.15) is 29.8 Å². The van der Waals surface area contributed by atoms with E-state index in [1.54, 1.807) is 0 Å². The lowest BCUT2D eigenvalue weighted by Crippen LogP contribution is -2.36. The van der Waals surface area contributed by atoms with Crippen LogP contribution in [0.2, 0.25) is 0 Å². The summed E-state index contributed by atoms with van der Waals surface area (Å²) in [6, 6.07) is 28.4. The molecule has 3 heteroatoms. The number of aryl methyl sites for hydroxylation is 1. The number of rotatable bonds is 2. The van der Waals surface area contributed by atoms with Crippen molar-refractivity contribution in [1.82, 2.24) is 9.55 Å². The fraction of sp³-hybridized carbons (Fsp3) is 0.174. The van der Waals surface area contributed by atoms with Crippen LogP contribution in [0, 0.1) is 3.57 Å². The molecule has 128 valence electrons. The number of benzene rings is 3. The van der Waals surface area contributed by atoms with Gasteiger partial charge in [0.25, 0.3) is 0 Å². The number of halogens is 1. The first kappa shape index (κ1) is 16.1. The van der Waals surface area contributed by atoms with Crippen molar-refractivity contribution in [2.45, 2.75) is 24.8 Å². The molecule has 1 aliphatic heterocycles. The number of aromatic nitrogens is 2. The highest BCUT2D eigenvalue weighted by Gasteiger charge is 2.42. The molecule has 0 saturated heterocycles. The maximum atomic E-state index is 5.18. The van der Waals surface area contributed by atoms with Crippen LogP contribution in [0.15, 0.2) is 78.9 Å². The highest BCUT2D eigenvalue weighted by molar-refractivity contribution is 14.1. The summed E-state index contributed by atoms with van der Waals surface area (Å²) in [5.74, 6) is 1.18. The minimum Gasteiger partial charge on any atom is -0.327 e. The molecule has 3 aromatic carbocycles. The van der Waals surface area contributed by atoms with E-state index in [1.165, 1.54) is 26.0 Å². The second-order valence-electron chi connectivity index (χ2n) is 6.96. The predicted octanol–water partition coefficient (Wildman–Crippen LogP) is 5.77. The lowest BCUT2D eigenvalue weighted by Gasteiger charge is -2.38. The normalized spacial score (nSPS) is 15.7. The van der Waals surface area contributed by atoms with E-state index in [-0.39, 0.29) is 5.41 Å². The van der Waals surface area contributed by atoms with E-state index in [0.29, 0.717) is 0 Å². The van der Waals surface area contributed by atoms with E-state index in [2.05, 4.69) is 106 Å². The van der Waals surface area contributed by atoms with Crippen molar-refractivity contribution in [3.63, 3.8) is 0 Å². The summed E-state index contributed by atoms with van der Waals surface area (Å²) in [5.41, 5.74) is 4.82. The molecule has 1 aromatic heterocycles. The van der Waals surface area contributed by atoms with Gasteiger partial charge in [-0.2, -0.15) is 0 Å². The maximum Gasteiger partial charge on any atom is 0.125 e. The van der Waals surface area contributed by atoms with Crippen LogP contribution in [-0.4, -0.2) is 9.55 Å². The standard InChI is InChI=1S/C23H19IN2/c24-19-12-13-21-20(16-19)25-22-23(14-7-15-26(21)22,17-8-3-1-4-9-17)18-10-5-2-6-11-18/h1-6,8-13,16H,7,14-15H2. The summed E-state index contributed by atoms with van der Waals surface area (Å²) in [4.78, 5) is 5.18. The third-order valence-corrected chi connectivity index (χ3v) is 6.23. The second kappa shape index (κ2) is 6.23. The molecule has 0 unspecified atom stereocenters. The number of nitrogens with zero attached hydrogens (tertiary/aromatic N) is 2. The summed E-state index contributed by atoms with van der Waals surface area (Å²) in [5, 5.41) is 0. The molecule has 5 rings (SSSR count). The average Bonchev–Trinajstić information content (AvgIpc) is 3.07. The van der Waals surface area contributed by atoms with Gasteiger partial charge in [0.2, 0.25) is 0 Å². The topological polar surface area (TPSA) is 17.8 Å². The van der Waals surface area contributed by atoms with Crippen molar-refractivity contribution < 1.29 is 0 Å². The lowest BCUT2D eigenvalue weighted by atomic mass is 9.69. The molecule has 0 saturated carbocycles. The van der Waals surface area contributed by atoms with Gasteiger partial charge >= 0.3 is 0 Å². The number of hydrogen-bond donors (Lipinski definition) is 0. The van der Waals surface area contributed by atoms with Gasteiger partial charge in [0.15, 0.2) is 0 Å². The van der Waals surface area contributed by atoms with E-state index >= 15 is 0 Å². The fourth-order valence-corrected chi connectivity index (χ4v) is 4.90. The van der Waals surface area contributed by atoms with Crippen LogP contribution < -0.4 is 0 Å². The minimum absolute atomic E-state index is 0.189. The van der Waals surface area contributed by atoms with Crippen molar-refractivity contribution in [3.05, 3.63) is 99.4 Å². The Balaban J connectivity index is 1.87. The Morgan fingerprint density at radius 1 is 0.846 bits per heavy atom.